The Morgan fingerprint density at radius 1 is 1.89 bits per heavy atom. The molecular weight excluding hydrogens is 140 g/mol. The van der Waals surface area contributed by atoms with Gasteiger partial charge in [-0.3, -0.25) is 4.79 Å². The van der Waals surface area contributed by atoms with Crippen molar-refractivity contribution in [3.05, 3.63) is 10.9 Å². The fraction of sp³-hybridized carbons (Fsp3) is 0. The molecule has 0 fully saturated rings. The molecule has 0 bridgehead atoms. The summed E-state index contributed by atoms with van der Waals surface area (Å²) in [4.78, 5) is 10.6. The van der Waals surface area contributed by atoms with Crippen LogP contribution in [0.2, 0.25) is 0 Å². The molecule has 48 valence electrons. The van der Waals surface area contributed by atoms with Crippen molar-refractivity contribution in [2.75, 3.05) is 0 Å². The van der Waals surface area contributed by atoms with Crippen LogP contribution in [-0.2, 0) is 0 Å². The van der Waals surface area contributed by atoms with Crippen LogP contribution in [0.15, 0.2) is 6.07 Å². The van der Waals surface area contributed by atoms with Gasteiger partial charge in [-0.15, -0.1) is 0 Å². The van der Waals surface area contributed by atoms with Crippen molar-refractivity contribution in [3.8, 4) is 5.88 Å². The molecule has 9 heavy (non-hydrogen) atoms. The molecule has 0 aliphatic rings. The summed E-state index contributed by atoms with van der Waals surface area (Å²) >= 11 is 0.883. The Morgan fingerprint density at radius 2 is 2.56 bits per heavy atom. The normalized spacial score (nSPS) is 9.33. The van der Waals surface area contributed by atoms with Gasteiger partial charge in [0.25, 0.3) is 5.91 Å². The second kappa shape index (κ2) is 2.02. The molecule has 3 N–H and O–H groups in total. The van der Waals surface area contributed by atoms with Gasteiger partial charge in [-0.25, -0.2) is 0 Å². The first-order valence-electron chi connectivity index (χ1n) is 2.15. The summed E-state index contributed by atoms with van der Waals surface area (Å²) in [5.74, 6) is -0.721. The lowest BCUT2D eigenvalue weighted by molar-refractivity contribution is 0.100. The first-order chi connectivity index (χ1) is 4.20. The van der Waals surface area contributed by atoms with Crippen molar-refractivity contribution in [3.63, 3.8) is 0 Å². The van der Waals surface area contributed by atoms with Gasteiger partial charge in [-0.05, 0) is 11.5 Å². The lowest BCUT2D eigenvalue weighted by Gasteiger charge is -1.78. The quantitative estimate of drug-likeness (QED) is 0.580. The van der Waals surface area contributed by atoms with Gasteiger partial charge in [0.15, 0.2) is 0 Å². The van der Waals surface area contributed by atoms with Gasteiger partial charge in [0.1, 0.15) is 4.88 Å². The molecule has 0 aromatic carbocycles. The van der Waals surface area contributed by atoms with Gasteiger partial charge in [0, 0.05) is 6.07 Å². The number of hydrogen-bond donors (Lipinski definition) is 2. The molecule has 0 spiro atoms. The van der Waals surface area contributed by atoms with E-state index in [0.717, 1.165) is 11.5 Å². The molecule has 0 atom stereocenters. The van der Waals surface area contributed by atoms with Crippen molar-refractivity contribution in [2.24, 2.45) is 5.73 Å². The number of rotatable bonds is 1. The highest BCUT2D eigenvalue weighted by Gasteiger charge is 2.03. The third-order valence-corrected chi connectivity index (χ3v) is 1.53. The second-order valence-corrected chi connectivity index (χ2v) is 2.22. The molecule has 5 heteroatoms. The number of aromatic hydroxyl groups is 1. The highest BCUT2D eigenvalue weighted by Crippen LogP contribution is 2.13. The Kier molecular flexibility index (Phi) is 1.35. The number of hydrogen-bond acceptors (Lipinski definition) is 4. The largest absolute Gasteiger partial charge is 0.493 e. The van der Waals surface area contributed by atoms with E-state index in [0.29, 0.717) is 0 Å². The highest BCUT2D eigenvalue weighted by atomic mass is 32.1. The summed E-state index contributed by atoms with van der Waals surface area (Å²) in [5.41, 5.74) is 4.85. The first kappa shape index (κ1) is 6.03. The molecule has 0 aliphatic carbocycles. The topological polar surface area (TPSA) is 76.2 Å². The Morgan fingerprint density at radius 3 is 2.78 bits per heavy atom. The number of primary amides is 1. The monoisotopic (exact) mass is 144 g/mol. The smallest absolute Gasteiger partial charge is 0.260 e. The van der Waals surface area contributed by atoms with Gasteiger partial charge < -0.3 is 10.8 Å². The zero-order valence-electron chi connectivity index (χ0n) is 4.37. The lowest BCUT2D eigenvalue weighted by Crippen LogP contribution is -2.07. The maximum Gasteiger partial charge on any atom is 0.260 e. The van der Waals surface area contributed by atoms with E-state index in [1.54, 1.807) is 0 Å². The summed E-state index contributed by atoms with van der Waals surface area (Å²) in [6, 6.07) is 1.23. The minimum Gasteiger partial charge on any atom is -0.493 e. The maximum absolute atomic E-state index is 10.3. The first-order valence-corrected chi connectivity index (χ1v) is 2.93. The average molecular weight is 144 g/mol. The maximum atomic E-state index is 10.3. The summed E-state index contributed by atoms with van der Waals surface area (Å²) in [5, 5.41) is 8.59. The van der Waals surface area contributed by atoms with Crippen molar-refractivity contribution >= 4 is 17.4 Å². The van der Waals surface area contributed by atoms with Crippen LogP contribution < -0.4 is 5.73 Å². The molecule has 0 aliphatic heterocycles. The molecule has 0 unspecified atom stereocenters. The van der Waals surface area contributed by atoms with E-state index >= 15 is 0 Å². The van der Waals surface area contributed by atoms with Crippen LogP contribution in [0.4, 0.5) is 0 Å². The average Bonchev–Trinajstić information content (AvgIpc) is 2.14. The Hall–Kier alpha value is -1.10. The molecular formula is C4H4N2O2S. The summed E-state index contributed by atoms with van der Waals surface area (Å²) < 4.78 is 3.43. The van der Waals surface area contributed by atoms with E-state index in [4.69, 9.17) is 10.8 Å². The molecule has 1 amide bonds. The Labute approximate surface area is 55.1 Å². The number of nitrogens with two attached hydrogens (primary N) is 1. The highest BCUT2D eigenvalue weighted by molar-refractivity contribution is 7.08. The van der Waals surface area contributed by atoms with Gasteiger partial charge in [0.05, 0.1) is 0 Å². The van der Waals surface area contributed by atoms with Crippen LogP contribution in [0.1, 0.15) is 9.67 Å². The third-order valence-electron chi connectivity index (χ3n) is 0.741. The van der Waals surface area contributed by atoms with E-state index in [-0.39, 0.29) is 10.8 Å². The number of carbonyl (C=O) groups excluding carboxylic acids is 1. The summed E-state index contributed by atoms with van der Waals surface area (Å²) in [6.45, 7) is 0. The number of nitrogens with zero attached hydrogens (tertiary/aromatic N) is 1. The van der Waals surface area contributed by atoms with Crippen LogP contribution in [0.3, 0.4) is 0 Å². The number of aromatic nitrogens is 1. The standard InChI is InChI=1S/C4H4N2O2S/c5-4(8)2-1-3(7)6-9-2/h1H,(H2,5,8)(H,6,7). The predicted octanol–water partition coefficient (Wildman–Crippen LogP) is -0.0524. The van der Waals surface area contributed by atoms with Gasteiger partial charge in [-0.2, -0.15) is 4.37 Å². The predicted molar refractivity (Wildman–Crippen MR) is 32.3 cm³/mol. The zero-order chi connectivity index (χ0) is 6.85. The zero-order valence-corrected chi connectivity index (χ0v) is 5.18. The van der Waals surface area contributed by atoms with E-state index in [1.165, 1.54) is 6.07 Å². The second-order valence-electron chi connectivity index (χ2n) is 1.41. The van der Waals surface area contributed by atoms with Crippen LogP contribution in [0, 0.1) is 0 Å². The van der Waals surface area contributed by atoms with Crippen molar-refractivity contribution in [1.29, 1.82) is 0 Å². The number of carbonyl (C=O) groups is 1. The minimum absolute atomic E-state index is 0.159. The van der Waals surface area contributed by atoms with E-state index in [9.17, 15) is 4.79 Å². The molecule has 1 aromatic rings. The minimum atomic E-state index is -0.562. The van der Waals surface area contributed by atoms with Crippen LogP contribution in [0.25, 0.3) is 0 Å². The third kappa shape index (κ3) is 1.17. The van der Waals surface area contributed by atoms with Crippen molar-refractivity contribution in [2.45, 2.75) is 0 Å². The Bertz CT molecular complexity index is 232. The Balaban J connectivity index is 2.98. The SMILES string of the molecule is NC(=O)c1cc(O)ns1. The summed E-state index contributed by atoms with van der Waals surface area (Å²) in [6.07, 6.45) is 0. The molecule has 0 saturated heterocycles. The van der Waals surface area contributed by atoms with E-state index in [2.05, 4.69) is 4.37 Å². The fourth-order valence-corrected chi connectivity index (χ4v) is 0.875. The molecule has 1 aromatic heterocycles. The van der Waals surface area contributed by atoms with Gasteiger partial charge in [0.2, 0.25) is 5.88 Å². The molecule has 1 rings (SSSR count). The van der Waals surface area contributed by atoms with Crippen LogP contribution in [0.5, 0.6) is 5.88 Å². The van der Waals surface area contributed by atoms with E-state index < -0.39 is 5.91 Å². The fourth-order valence-electron chi connectivity index (χ4n) is 0.382. The molecule has 1 heterocycles. The van der Waals surface area contributed by atoms with Crippen LogP contribution in [-0.4, -0.2) is 15.4 Å². The number of amides is 1. The van der Waals surface area contributed by atoms with Crippen molar-refractivity contribution < 1.29 is 9.90 Å². The van der Waals surface area contributed by atoms with Gasteiger partial charge in [-0.1, -0.05) is 0 Å². The lowest BCUT2D eigenvalue weighted by atomic mass is 10.5. The van der Waals surface area contributed by atoms with Crippen molar-refractivity contribution in [1.82, 2.24) is 4.37 Å². The molecule has 0 saturated carbocycles. The van der Waals surface area contributed by atoms with Gasteiger partial charge >= 0.3 is 0 Å². The van der Waals surface area contributed by atoms with E-state index in [1.807, 2.05) is 0 Å². The summed E-state index contributed by atoms with van der Waals surface area (Å²) in [7, 11) is 0. The van der Waals surface area contributed by atoms with Crippen LogP contribution >= 0.6 is 11.5 Å². The molecule has 0 radical (unpaired) electrons. The molecule has 4 nitrogen and oxygen atoms in total.